The lowest BCUT2D eigenvalue weighted by molar-refractivity contribution is -0.143. The third-order valence-electron chi connectivity index (χ3n) is 4.43. The van der Waals surface area contributed by atoms with Crippen molar-refractivity contribution in [3.05, 3.63) is 24.3 Å². The molecule has 108 valence electrons. The van der Waals surface area contributed by atoms with Crippen molar-refractivity contribution in [1.82, 2.24) is 0 Å². The third kappa shape index (κ3) is 4.52. The molecule has 0 aromatic rings. The van der Waals surface area contributed by atoms with Crippen LogP contribution in [-0.4, -0.2) is 12.1 Å². The molecule has 0 bridgehead atoms. The Balaban J connectivity index is 2.52. The van der Waals surface area contributed by atoms with Crippen molar-refractivity contribution in [2.24, 2.45) is 11.3 Å². The Morgan fingerprint density at radius 3 is 2.68 bits per heavy atom. The molecule has 1 unspecified atom stereocenters. The molecule has 0 heterocycles. The minimum absolute atomic E-state index is 0.183. The van der Waals surface area contributed by atoms with E-state index in [-0.39, 0.29) is 12.1 Å². The highest BCUT2D eigenvalue weighted by molar-refractivity contribution is 5.66. The standard InChI is InChI=1S/C17H28O2/c1-12(14(3)19-15(4)18)9-10-16-13(2)8-7-11-17(16,5)6/h14,16H,1-2,7-11H2,3-6H3/t14?,16-/m0/s1. The average molecular weight is 264 g/mol. The van der Waals surface area contributed by atoms with E-state index in [2.05, 4.69) is 27.0 Å². The number of allylic oxidation sites excluding steroid dienone is 1. The van der Waals surface area contributed by atoms with Crippen LogP contribution in [0.3, 0.4) is 0 Å². The summed E-state index contributed by atoms with van der Waals surface area (Å²) in [4.78, 5) is 10.9. The monoisotopic (exact) mass is 264 g/mol. The smallest absolute Gasteiger partial charge is 0.303 e. The summed E-state index contributed by atoms with van der Waals surface area (Å²) >= 11 is 0. The zero-order valence-electron chi connectivity index (χ0n) is 12.9. The Morgan fingerprint density at radius 2 is 2.16 bits per heavy atom. The summed E-state index contributed by atoms with van der Waals surface area (Å²) in [6, 6.07) is 0. The van der Waals surface area contributed by atoms with Gasteiger partial charge in [0.05, 0.1) is 0 Å². The SMILES string of the molecule is C=C(CC[C@H]1C(=C)CCCC1(C)C)C(C)OC(C)=O. The van der Waals surface area contributed by atoms with Gasteiger partial charge >= 0.3 is 5.97 Å². The fourth-order valence-corrected chi connectivity index (χ4v) is 3.13. The van der Waals surface area contributed by atoms with Crippen molar-refractivity contribution >= 4 is 5.97 Å². The van der Waals surface area contributed by atoms with Gasteiger partial charge in [-0.3, -0.25) is 4.79 Å². The summed E-state index contributed by atoms with van der Waals surface area (Å²) < 4.78 is 5.17. The molecule has 0 amide bonds. The van der Waals surface area contributed by atoms with Crippen molar-refractivity contribution in [3.63, 3.8) is 0 Å². The highest BCUT2D eigenvalue weighted by Crippen LogP contribution is 2.45. The summed E-state index contributed by atoms with van der Waals surface area (Å²) in [5.74, 6) is 0.318. The molecule has 0 N–H and O–H groups in total. The van der Waals surface area contributed by atoms with Crippen molar-refractivity contribution in [2.45, 2.75) is 65.9 Å². The minimum Gasteiger partial charge on any atom is -0.458 e. The van der Waals surface area contributed by atoms with Gasteiger partial charge in [0.15, 0.2) is 0 Å². The van der Waals surface area contributed by atoms with Gasteiger partial charge in [0.2, 0.25) is 0 Å². The molecule has 0 aliphatic heterocycles. The topological polar surface area (TPSA) is 26.3 Å². The van der Waals surface area contributed by atoms with Crippen LogP contribution in [0, 0.1) is 11.3 Å². The summed E-state index contributed by atoms with van der Waals surface area (Å²) in [5.41, 5.74) is 2.72. The zero-order valence-corrected chi connectivity index (χ0v) is 12.9. The summed E-state index contributed by atoms with van der Waals surface area (Å²) in [6.07, 6.45) is 5.46. The van der Waals surface area contributed by atoms with Gasteiger partial charge in [-0.1, -0.05) is 32.6 Å². The molecule has 2 atom stereocenters. The molecule has 0 aromatic heterocycles. The molecule has 2 heteroatoms. The quantitative estimate of drug-likeness (QED) is 0.533. The number of carbonyl (C=O) groups is 1. The van der Waals surface area contributed by atoms with Gasteiger partial charge < -0.3 is 4.74 Å². The molecule has 0 saturated heterocycles. The second kappa shape index (κ2) is 6.40. The van der Waals surface area contributed by atoms with E-state index < -0.39 is 0 Å². The summed E-state index contributed by atoms with van der Waals surface area (Å²) in [6.45, 7) is 16.3. The van der Waals surface area contributed by atoms with Gasteiger partial charge in [-0.15, -0.1) is 0 Å². The first-order valence-corrected chi connectivity index (χ1v) is 7.26. The third-order valence-corrected chi connectivity index (χ3v) is 4.43. The Labute approximate surface area is 117 Å². The van der Waals surface area contributed by atoms with Crippen molar-refractivity contribution < 1.29 is 9.53 Å². The maximum Gasteiger partial charge on any atom is 0.303 e. The fraction of sp³-hybridized carbons (Fsp3) is 0.706. The van der Waals surface area contributed by atoms with E-state index in [9.17, 15) is 4.79 Å². The molecule has 1 fully saturated rings. The van der Waals surface area contributed by atoms with Gasteiger partial charge in [0.25, 0.3) is 0 Å². The van der Waals surface area contributed by atoms with Crippen molar-refractivity contribution in [3.8, 4) is 0 Å². The first kappa shape index (κ1) is 16.0. The lowest BCUT2D eigenvalue weighted by Crippen LogP contribution is -2.29. The Morgan fingerprint density at radius 1 is 1.53 bits per heavy atom. The van der Waals surface area contributed by atoms with E-state index in [1.165, 1.54) is 25.3 Å². The second-order valence-corrected chi connectivity index (χ2v) is 6.50. The normalized spacial score (nSPS) is 23.8. The fourth-order valence-electron chi connectivity index (χ4n) is 3.13. The van der Waals surface area contributed by atoms with Gasteiger partial charge in [-0.05, 0) is 55.9 Å². The maximum atomic E-state index is 10.9. The van der Waals surface area contributed by atoms with Crippen LogP contribution in [0.2, 0.25) is 0 Å². The number of ether oxygens (including phenoxy) is 1. The van der Waals surface area contributed by atoms with Crippen LogP contribution in [0.25, 0.3) is 0 Å². The zero-order chi connectivity index (χ0) is 14.6. The minimum atomic E-state index is -0.240. The number of carbonyl (C=O) groups excluding carboxylic acids is 1. The number of esters is 1. The van der Waals surface area contributed by atoms with E-state index in [4.69, 9.17) is 4.74 Å². The summed E-state index contributed by atoms with van der Waals surface area (Å²) in [7, 11) is 0. The first-order valence-electron chi connectivity index (χ1n) is 7.26. The molecule has 0 spiro atoms. The Hall–Kier alpha value is -1.05. The van der Waals surface area contributed by atoms with E-state index in [1.807, 2.05) is 6.92 Å². The van der Waals surface area contributed by atoms with E-state index in [0.29, 0.717) is 11.3 Å². The van der Waals surface area contributed by atoms with E-state index in [0.717, 1.165) is 24.8 Å². The van der Waals surface area contributed by atoms with Crippen LogP contribution >= 0.6 is 0 Å². The molecule has 1 rings (SSSR count). The van der Waals surface area contributed by atoms with Gasteiger partial charge in [0, 0.05) is 6.92 Å². The number of hydrogen-bond donors (Lipinski definition) is 0. The lowest BCUT2D eigenvalue weighted by Gasteiger charge is -2.40. The molecule has 1 saturated carbocycles. The van der Waals surface area contributed by atoms with Crippen LogP contribution in [-0.2, 0) is 9.53 Å². The van der Waals surface area contributed by atoms with Crippen LogP contribution < -0.4 is 0 Å². The molecular weight excluding hydrogens is 236 g/mol. The predicted octanol–water partition coefficient (Wildman–Crippen LogP) is 4.66. The predicted molar refractivity (Wildman–Crippen MR) is 79.9 cm³/mol. The Bertz CT molecular complexity index is 365. The molecule has 2 nitrogen and oxygen atoms in total. The molecule has 1 aliphatic rings. The average Bonchev–Trinajstić information content (AvgIpc) is 2.26. The van der Waals surface area contributed by atoms with Crippen LogP contribution in [0.5, 0.6) is 0 Å². The largest absolute Gasteiger partial charge is 0.458 e. The molecule has 0 radical (unpaired) electrons. The summed E-state index contributed by atoms with van der Waals surface area (Å²) in [5, 5.41) is 0. The van der Waals surface area contributed by atoms with Crippen LogP contribution in [0.4, 0.5) is 0 Å². The molecule has 0 aromatic carbocycles. The lowest BCUT2D eigenvalue weighted by atomic mass is 9.65. The van der Waals surface area contributed by atoms with Gasteiger partial charge in [-0.2, -0.15) is 0 Å². The van der Waals surface area contributed by atoms with Gasteiger partial charge in [0.1, 0.15) is 6.10 Å². The van der Waals surface area contributed by atoms with Crippen molar-refractivity contribution in [1.29, 1.82) is 0 Å². The molecular formula is C17H28O2. The number of hydrogen-bond acceptors (Lipinski definition) is 2. The van der Waals surface area contributed by atoms with Gasteiger partial charge in [-0.25, -0.2) is 0 Å². The molecule has 19 heavy (non-hydrogen) atoms. The Kier molecular flexibility index (Phi) is 5.39. The van der Waals surface area contributed by atoms with E-state index in [1.54, 1.807) is 0 Å². The van der Waals surface area contributed by atoms with E-state index >= 15 is 0 Å². The molecule has 1 aliphatic carbocycles. The maximum absolute atomic E-state index is 10.9. The van der Waals surface area contributed by atoms with Crippen LogP contribution in [0.15, 0.2) is 24.3 Å². The van der Waals surface area contributed by atoms with Crippen LogP contribution in [0.1, 0.15) is 59.8 Å². The second-order valence-electron chi connectivity index (χ2n) is 6.50. The highest BCUT2D eigenvalue weighted by Gasteiger charge is 2.34. The highest BCUT2D eigenvalue weighted by atomic mass is 16.5. The first-order chi connectivity index (χ1) is 8.74. The number of rotatable bonds is 5. The van der Waals surface area contributed by atoms with Crippen molar-refractivity contribution in [2.75, 3.05) is 0 Å².